The Balaban J connectivity index is 1.76. The van der Waals surface area contributed by atoms with Crippen LogP contribution in [0, 0.1) is 0 Å². The molecule has 2 rings (SSSR count). The maximum Gasteiger partial charge on any atom is 0.317 e. The number of urea groups is 1. The summed E-state index contributed by atoms with van der Waals surface area (Å²) < 4.78 is 0. The third kappa shape index (κ3) is 2.96. The van der Waals surface area contributed by atoms with Crippen molar-refractivity contribution < 1.29 is 4.79 Å². The first-order valence-electron chi connectivity index (χ1n) is 5.77. The molecule has 2 heterocycles. The Morgan fingerprint density at radius 3 is 3.07 bits per heavy atom. The molecule has 2 N–H and O–H groups in total. The molecule has 2 amide bonds. The maximum absolute atomic E-state index is 11.5. The highest BCUT2D eigenvalue weighted by Crippen LogP contribution is 2.11. The molecule has 0 atom stereocenters. The van der Waals surface area contributed by atoms with Crippen LogP contribution in [-0.2, 0) is 0 Å². The fraction of sp³-hybridized carbons (Fsp3) is 0.727. The minimum atomic E-state index is 0.107. The lowest BCUT2D eigenvalue weighted by Crippen LogP contribution is -2.46. The van der Waals surface area contributed by atoms with Gasteiger partial charge in [-0.15, -0.1) is 0 Å². The van der Waals surface area contributed by atoms with Crippen LogP contribution < -0.4 is 10.6 Å². The average molecular weight is 209 g/mol. The van der Waals surface area contributed by atoms with E-state index in [1.54, 1.807) is 0 Å². The third-order valence-corrected chi connectivity index (χ3v) is 3.03. The Morgan fingerprint density at radius 1 is 1.40 bits per heavy atom. The van der Waals surface area contributed by atoms with Crippen LogP contribution in [0.15, 0.2) is 11.6 Å². The van der Waals surface area contributed by atoms with E-state index in [2.05, 4.69) is 16.7 Å². The predicted octanol–water partition coefficient (Wildman–Crippen LogP) is 0.711. The third-order valence-electron chi connectivity index (χ3n) is 3.03. The zero-order valence-electron chi connectivity index (χ0n) is 9.09. The number of nitrogens with zero attached hydrogens (tertiary/aromatic N) is 1. The van der Waals surface area contributed by atoms with Gasteiger partial charge in [-0.05, 0) is 25.8 Å². The van der Waals surface area contributed by atoms with E-state index in [4.69, 9.17) is 0 Å². The first kappa shape index (κ1) is 10.5. The molecule has 1 fully saturated rings. The molecule has 4 heteroatoms. The van der Waals surface area contributed by atoms with Crippen LogP contribution in [0.5, 0.6) is 0 Å². The molecule has 0 unspecified atom stereocenters. The first-order chi connectivity index (χ1) is 7.36. The van der Waals surface area contributed by atoms with Gasteiger partial charge in [0.05, 0.1) is 0 Å². The highest BCUT2D eigenvalue weighted by atomic mass is 16.2. The van der Waals surface area contributed by atoms with E-state index in [-0.39, 0.29) is 6.03 Å². The van der Waals surface area contributed by atoms with E-state index in [1.807, 2.05) is 4.90 Å². The van der Waals surface area contributed by atoms with Crippen LogP contribution in [0.4, 0.5) is 4.79 Å². The number of hydrogen-bond donors (Lipinski definition) is 2. The number of hydrogen-bond acceptors (Lipinski definition) is 2. The van der Waals surface area contributed by atoms with Crippen molar-refractivity contribution in [3.8, 4) is 0 Å². The molecular weight excluding hydrogens is 190 g/mol. The van der Waals surface area contributed by atoms with Crippen molar-refractivity contribution in [1.29, 1.82) is 0 Å². The predicted molar refractivity (Wildman–Crippen MR) is 59.8 cm³/mol. The fourth-order valence-corrected chi connectivity index (χ4v) is 2.07. The minimum Gasteiger partial charge on any atom is -0.338 e. The summed E-state index contributed by atoms with van der Waals surface area (Å²) in [6, 6.07) is 0.107. The molecule has 0 radical (unpaired) electrons. The number of carbonyl (C=O) groups excluding carboxylic acids is 1. The van der Waals surface area contributed by atoms with Gasteiger partial charge in [-0.1, -0.05) is 11.6 Å². The van der Waals surface area contributed by atoms with Gasteiger partial charge in [0, 0.05) is 26.2 Å². The second kappa shape index (κ2) is 5.16. The fourth-order valence-electron chi connectivity index (χ4n) is 2.07. The molecule has 0 saturated carbocycles. The highest BCUT2D eigenvalue weighted by Gasteiger charge is 2.17. The molecule has 15 heavy (non-hydrogen) atoms. The minimum absolute atomic E-state index is 0.107. The summed E-state index contributed by atoms with van der Waals surface area (Å²) in [6.45, 7) is 4.69. The molecule has 0 aliphatic carbocycles. The van der Waals surface area contributed by atoms with Crippen molar-refractivity contribution >= 4 is 6.03 Å². The lowest BCUT2D eigenvalue weighted by Gasteiger charge is -2.28. The number of nitrogens with one attached hydrogen (secondary N) is 2. The Hall–Kier alpha value is -1.03. The van der Waals surface area contributed by atoms with Crippen molar-refractivity contribution in [2.24, 2.45) is 0 Å². The van der Waals surface area contributed by atoms with Gasteiger partial charge in [0.25, 0.3) is 0 Å². The summed E-state index contributed by atoms with van der Waals surface area (Å²) >= 11 is 0. The molecular formula is C11H19N3O. The van der Waals surface area contributed by atoms with Crippen LogP contribution in [0.3, 0.4) is 0 Å². The largest absolute Gasteiger partial charge is 0.338 e. The molecule has 0 aromatic rings. The number of rotatable bonds is 3. The van der Waals surface area contributed by atoms with E-state index in [0.717, 1.165) is 52.0 Å². The summed E-state index contributed by atoms with van der Waals surface area (Å²) in [5, 5.41) is 6.17. The first-order valence-corrected chi connectivity index (χ1v) is 5.77. The summed E-state index contributed by atoms with van der Waals surface area (Å²) in [5.41, 5.74) is 1.49. The summed E-state index contributed by atoms with van der Waals surface area (Å²) in [5.74, 6) is 0. The van der Waals surface area contributed by atoms with Crippen LogP contribution in [0.1, 0.15) is 19.3 Å². The van der Waals surface area contributed by atoms with Gasteiger partial charge in [-0.25, -0.2) is 4.79 Å². The average Bonchev–Trinajstić information content (AvgIpc) is 2.29. The number of amides is 2. The van der Waals surface area contributed by atoms with Gasteiger partial charge < -0.3 is 15.5 Å². The zero-order valence-corrected chi connectivity index (χ0v) is 9.09. The smallest absolute Gasteiger partial charge is 0.317 e. The van der Waals surface area contributed by atoms with Gasteiger partial charge in [0.2, 0.25) is 0 Å². The monoisotopic (exact) mass is 209 g/mol. The van der Waals surface area contributed by atoms with Gasteiger partial charge in [-0.3, -0.25) is 0 Å². The quantitative estimate of drug-likeness (QED) is 0.672. The van der Waals surface area contributed by atoms with E-state index >= 15 is 0 Å². The van der Waals surface area contributed by atoms with Crippen molar-refractivity contribution in [2.75, 3.05) is 32.7 Å². The summed E-state index contributed by atoms with van der Waals surface area (Å²) in [7, 11) is 0. The van der Waals surface area contributed by atoms with E-state index in [0.29, 0.717) is 0 Å². The molecule has 0 spiro atoms. The van der Waals surface area contributed by atoms with Gasteiger partial charge >= 0.3 is 6.03 Å². The molecule has 0 bridgehead atoms. The second-order valence-electron chi connectivity index (χ2n) is 4.14. The van der Waals surface area contributed by atoms with E-state index < -0.39 is 0 Å². The SMILES string of the molecule is O=C1NCCCN1CCC1=CCNCC1. The van der Waals surface area contributed by atoms with Crippen LogP contribution in [0.2, 0.25) is 0 Å². The molecule has 0 aromatic heterocycles. The maximum atomic E-state index is 11.5. The lowest BCUT2D eigenvalue weighted by molar-refractivity contribution is 0.187. The highest BCUT2D eigenvalue weighted by molar-refractivity contribution is 5.74. The van der Waals surface area contributed by atoms with Crippen molar-refractivity contribution in [1.82, 2.24) is 15.5 Å². The standard InChI is InChI=1S/C11H19N3O/c15-11-13-5-1-8-14(11)9-4-10-2-6-12-7-3-10/h2,12H,1,3-9H2,(H,13,15). The Morgan fingerprint density at radius 2 is 2.33 bits per heavy atom. The Kier molecular flexibility index (Phi) is 3.61. The van der Waals surface area contributed by atoms with E-state index in [1.165, 1.54) is 5.57 Å². The van der Waals surface area contributed by atoms with E-state index in [9.17, 15) is 4.79 Å². The second-order valence-corrected chi connectivity index (χ2v) is 4.14. The molecule has 0 aromatic carbocycles. The van der Waals surface area contributed by atoms with Crippen molar-refractivity contribution in [3.63, 3.8) is 0 Å². The van der Waals surface area contributed by atoms with Crippen molar-refractivity contribution in [3.05, 3.63) is 11.6 Å². The van der Waals surface area contributed by atoms with Crippen molar-refractivity contribution in [2.45, 2.75) is 19.3 Å². The Bertz CT molecular complexity index is 263. The van der Waals surface area contributed by atoms with Crippen LogP contribution >= 0.6 is 0 Å². The molecule has 2 aliphatic heterocycles. The molecule has 1 saturated heterocycles. The molecule has 4 nitrogen and oxygen atoms in total. The topological polar surface area (TPSA) is 44.4 Å². The normalized spacial score (nSPS) is 22.3. The van der Waals surface area contributed by atoms with Gasteiger partial charge in [0.15, 0.2) is 0 Å². The van der Waals surface area contributed by atoms with Gasteiger partial charge in [0.1, 0.15) is 0 Å². The zero-order chi connectivity index (χ0) is 10.5. The van der Waals surface area contributed by atoms with Crippen LogP contribution in [-0.4, -0.2) is 43.7 Å². The lowest BCUT2D eigenvalue weighted by atomic mass is 10.1. The molecule has 2 aliphatic rings. The summed E-state index contributed by atoms with van der Waals surface area (Å²) in [4.78, 5) is 13.4. The van der Waals surface area contributed by atoms with Gasteiger partial charge in [-0.2, -0.15) is 0 Å². The Labute approximate surface area is 90.7 Å². The summed E-state index contributed by atoms with van der Waals surface area (Å²) in [6.07, 6.45) is 5.50. The van der Waals surface area contributed by atoms with Crippen LogP contribution in [0.25, 0.3) is 0 Å². The number of carbonyl (C=O) groups is 1. The molecule has 84 valence electrons.